The van der Waals surface area contributed by atoms with Crippen LogP contribution in [0.15, 0.2) is 48.5 Å². The fourth-order valence-corrected chi connectivity index (χ4v) is 6.46. The zero-order valence-corrected chi connectivity index (χ0v) is 18.7. The average Bonchev–Trinajstić information content (AvgIpc) is 3.68. The fraction of sp³-hybridized carbons (Fsp3) is 0.571. The predicted octanol–water partition coefficient (Wildman–Crippen LogP) is 4.57. The molecule has 0 N–H and O–H groups in total. The van der Waals surface area contributed by atoms with Crippen LogP contribution in [0.1, 0.15) is 72.0 Å². The number of hydrogen-bond donors (Lipinski definition) is 0. The summed E-state index contributed by atoms with van der Waals surface area (Å²) in [7, 11) is 0. The molecule has 5 nitrogen and oxygen atoms in total. The molecule has 2 aromatic carbocycles. The van der Waals surface area contributed by atoms with Gasteiger partial charge >= 0.3 is 0 Å². The van der Waals surface area contributed by atoms with Crippen LogP contribution in [0.5, 0.6) is 0 Å². The van der Waals surface area contributed by atoms with Crippen molar-refractivity contribution in [3.8, 4) is 0 Å². The van der Waals surface area contributed by atoms with Crippen LogP contribution in [0.2, 0.25) is 0 Å². The molecule has 0 bridgehead atoms. The minimum atomic E-state index is -0.0723. The van der Waals surface area contributed by atoms with Crippen molar-refractivity contribution in [2.24, 2.45) is 0 Å². The van der Waals surface area contributed by atoms with Crippen LogP contribution in [0.25, 0.3) is 0 Å². The average molecular weight is 447 g/mol. The van der Waals surface area contributed by atoms with E-state index in [1.807, 2.05) is 0 Å². The van der Waals surface area contributed by atoms with Crippen LogP contribution in [-0.2, 0) is 23.7 Å². The molecular weight excluding hydrogens is 416 g/mol. The summed E-state index contributed by atoms with van der Waals surface area (Å²) >= 11 is 0. The van der Waals surface area contributed by atoms with Crippen LogP contribution in [0.3, 0.4) is 0 Å². The van der Waals surface area contributed by atoms with Crippen LogP contribution in [-0.4, -0.2) is 49.8 Å². The van der Waals surface area contributed by atoms with E-state index in [1.54, 1.807) is 0 Å². The molecule has 0 radical (unpaired) electrons. The Hall–Kier alpha value is -1.76. The van der Waals surface area contributed by atoms with Crippen molar-refractivity contribution in [2.75, 3.05) is 13.2 Å². The maximum Gasteiger partial charge on any atom is 0.112 e. The molecule has 33 heavy (non-hydrogen) atoms. The summed E-state index contributed by atoms with van der Waals surface area (Å²) in [6, 6.07) is 18.0. The number of fused-ring (bicyclic) bond motifs is 2. The lowest BCUT2D eigenvalue weighted by Crippen LogP contribution is -2.19. The maximum absolute atomic E-state index is 6.76. The Bertz CT molecular complexity index is 944. The zero-order valence-electron chi connectivity index (χ0n) is 18.7. The van der Waals surface area contributed by atoms with E-state index in [9.17, 15) is 0 Å². The second-order valence-electron chi connectivity index (χ2n) is 10.7. The first kappa shape index (κ1) is 19.5. The minimum Gasteiger partial charge on any atom is -0.370 e. The second kappa shape index (κ2) is 7.37. The molecule has 4 heterocycles. The van der Waals surface area contributed by atoms with Gasteiger partial charge in [-0.2, -0.15) is 0 Å². The number of rotatable bonds is 8. The first-order valence-corrected chi connectivity index (χ1v) is 12.7. The summed E-state index contributed by atoms with van der Waals surface area (Å²) in [5.74, 6) is 1.12. The third kappa shape index (κ3) is 3.57. The van der Waals surface area contributed by atoms with Gasteiger partial charge in [-0.1, -0.05) is 48.5 Å². The molecule has 2 saturated carbocycles. The van der Waals surface area contributed by atoms with E-state index in [0.717, 1.165) is 13.2 Å². The van der Waals surface area contributed by atoms with Gasteiger partial charge in [-0.15, -0.1) is 0 Å². The molecule has 6 aliphatic rings. The van der Waals surface area contributed by atoms with Gasteiger partial charge in [-0.3, -0.25) is 0 Å². The minimum absolute atomic E-state index is 0.0723. The lowest BCUT2D eigenvalue weighted by atomic mass is 9.93. The van der Waals surface area contributed by atoms with Gasteiger partial charge in [0, 0.05) is 11.8 Å². The van der Waals surface area contributed by atoms with E-state index < -0.39 is 0 Å². The second-order valence-corrected chi connectivity index (χ2v) is 10.7. The molecule has 0 amide bonds. The molecule has 10 atom stereocenters. The third-order valence-electron chi connectivity index (χ3n) is 8.63. The lowest BCUT2D eigenvalue weighted by Gasteiger charge is -2.24. The molecule has 4 saturated heterocycles. The Kier molecular flexibility index (Phi) is 4.36. The smallest absolute Gasteiger partial charge is 0.112 e. The standard InChI is InChI=1S/C28H30O5/c1-5-17(6-2-15(1)19-9-11-21-27(19)31-21)25(23-13-29-23)33-26(24-14-30-24)18-7-3-16(4-8-18)20-10-12-22-28(20)32-22/h1-8,19-28H,9-14H2. The third-order valence-corrected chi connectivity index (χ3v) is 8.63. The Morgan fingerprint density at radius 1 is 0.606 bits per heavy atom. The van der Waals surface area contributed by atoms with Gasteiger partial charge in [0.15, 0.2) is 0 Å². The SMILES string of the molecule is c1cc(C(OC(c2ccc(C3CCC4OC43)cc2)C2CO2)C2CO2)ccc1C1CCC2OC21. The van der Waals surface area contributed by atoms with E-state index >= 15 is 0 Å². The number of benzene rings is 2. The quantitative estimate of drug-likeness (QED) is 0.556. The van der Waals surface area contributed by atoms with Gasteiger partial charge < -0.3 is 23.7 Å². The van der Waals surface area contributed by atoms with Crippen molar-refractivity contribution in [3.63, 3.8) is 0 Å². The summed E-state index contributed by atoms with van der Waals surface area (Å²) in [4.78, 5) is 0. The molecule has 8 rings (SSSR count). The van der Waals surface area contributed by atoms with Gasteiger partial charge in [0.25, 0.3) is 0 Å². The summed E-state index contributed by atoms with van der Waals surface area (Å²) in [5.41, 5.74) is 5.17. The summed E-state index contributed by atoms with van der Waals surface area (Å²) in [6.07, 6.45) is 6.94. The monoisotopic (exact) mass is 446 g/mol. The molecule has 10 unspecified atom stereocenters. The van der Waals surface area contributed by atoms with Crippen molar-refractivity contribution >= 4 is 0 Å². The molecular formula is C28H30O5. The molecule has 2 aromatic rings. The fourth-order valence-electron chi connectivity index (χ4n) is 6.46. The van der Waals surface area contributed by atoms with Gasteiger partial charge in [0.1, 0.15) is 24.4 Å². The highest BCUT2D eigenvalue weighted by atomic mass is 16.6. The summed E-state index contributed by atoms with van der Waals surface area (Å²) < 4.78 is 29.7. The normalized spacial score (nSPS) is 41.2. The van der Waals surface area contributed by atoms with E-state index in [2.05, 4.69) is 48.5 Å². The molecule has 0 aromatic heterocycles. The molecule has 0 spiro atoms. The number of ether oxygens (including phenoxy) is 5. The van der Waals surface area contributed by atoms with Crippen LogP contribution in [0.4, 0.5) is 0 Å². The van der Waals surface area contributed by atoms with E-state index in [-0.39, 0.29) is 24.4 Å². The largest absolute Gasteiger partial charge is 0.370 e. The van der Waals surface area contributed by atoms with Gasteiger partial charge in [-0.05, 0) is 47.9 Å². The highest BCUT2D eigenvalue weighted by Gasteiger charge is 2.51. The van der Waals surface area contributed by atoms with Crippen molar-refractivity contribution in [3.05, 3.63) is 70.8 Å². The first-order chi connectivity index (χ1) is 16.3. The van der Waals surface area contributed by atoms with Crippen LogP contribution < -0.4 is 0 Å². The maximum atomic E-state index is 6.76. The number of epoxide rings is 4. The molecule has 5 heteroatoms. The van der Waals surface area contributed by atoms with Gasteiger partial charge in [-0.25, -0.2) is 0 Å². The molecule has 172 valence electrons. The Morgan fingerprint density at radius 3 is 1.33 bits per heavy atom. The Balaban J connectivity index is 1.02. The van der Waals surface area contributed by atoms with E-state index in [0.29, 0.717) is 36.3 Å². The predicted molar refractivity (Wildman–Crippen MR) is 120 cm³/mol. The lowest BCUT2D eigenvalue weighted by molar-refractivity contribution is -0.0419. The molecule has 2 aliphatic carbocycles. The van der Waals surface area contributed by atoms with Crippen molar-refractivity contribution in [1.82, 2.24) is 0 Å². The summed E-state index contributed by atoms with van der Waals surface area (Å²) in [6.45, 7) is 1.52. The highest BCUT2D eigenvalue weighted by Crippen LogP contribution is 2.50. The topological polar surface area (TPSA) is 59.4 Å². The van der Waals surface area contributed by atoms with Crippen molar-refractivity contribution < 1.29 is 23.7 Å². The summed E-state index contributed by atoms with van der Waals surface area (Å²) in [5, 5.41) is 0. The van der Waals surface area contributed by atoms with Crippen LogP contribution >= 0.6 is 0 Å². The van der Waals surface area contributed by atoms with Gasteiger partial charge in [0.2, 0.25) is 0 Å². The Morgan fingerprint density at radius 2 is 1.03 bits per heavy atom. The van der Waals surface area contributed by atoms with E-state index in [1.165, 1.54) is 47.9 Å². The van der Waals surface area contributed by atoms with Crippen LogP contribution in [0, 0.1) is 0 Å². The first-order valence-electron chi connectivity index (χ1n) is 12.7. The Labute approximate surface area is 194 Å². The molecule has 6 fully saturated rings. The van der Waals surface area contributed by atoms with Crippen molar-refractivity contribution in [1.29, 1.82) is 0 Å². The molecule has 4 aliphatic heterocycles. The number of hydrogen-bond acceptors (Lipinski definition) is 5. The van der Waals surface area contributed by atoms with Crippen molar-refractivity contribution in [2.45, 2.75) is 86.4 Å². The highest BCUT2D eigenvalue weighted by molar-refractivity contribution is 5.33. The zero-order chi connectivity index (χ0) is 21.5. The van der Waals surface area contributed by atoms with E-state index in [4.69, 9.17) is 23.7 Å². The van der Waals surface area contributed by atoms with Gasteiger partial charge in [0.05, 0.1) is 37.6 Å².